The summed E-state index contributed by atoms with van der Waals surface area (Å²) in [7, 11) is 3.12. The molecule has 1 N–H and O–H groups in total. The lowest BCUT2D eigenvalue weighted by molar-refractivity contribution is 0.0599. The molecule has 0 unspecified atom stereocenters. The SMILES string of the molecule is CCc1[nH]c(C(=O)N(C)Cc2ccc(N3CCOCC3)cc2)c(C)c1C(=O)OC. The number of carbonyl (C=O) groups excluding carboxylic acids is 2. The maximum absolute atomic E-state index is 13.0. The molecule has 0 aliphatic carbocycles. The minimum Gasteiger partial charge on any atom is -0.465 e. The molecule has 1 fully saturated rings. The van der Waals surface area contributed by atoms with Crippen LogP contribution in [0.3, 0.4) is 0 Å². The monoisotopic (exact) mass is 399 g/mol. The second-order valence-corrected chi connectivity index (χ2v) is 7.25. The molecule has 0 atom stereocenters. The number of nitrogens with one attached hydrogen (secondary N) is 1. The molecule has 156 valence electrons. The van der Waals surface area contributed by atoms with Gasteiger partial charge in [0, 0.05) is 38.1 Å². The number of amides is 1. The van der Waals surface area contributed by atoms with Crippen molar-refractivity contribution in [1.29, 1.82) is 0 Å². The van der Waals surface area contributed by atoms with Gasteiger partial charge in [0.15, 0.2) is 0 Å². The average molecular weight is 399 g/mol. The molecular formula is C22H29N3O4. The van der Waals surface area contributed by atoms with Gasteiger partial charge in [-0.1, -0.05) is 19.1 Å². The molecule has 0 spiro atoms. The van der Waals surface area contributed by atoms with Crippen LogP contribution in [0.5, 0.6) is 0 Å². The highest BCUT2D eigenvalue weighted by Crippen LogP contribution is 2.22. The zero-order chi connectivity index (χ0) is 21.0. The largest absolute Gasteiger partial charge is 0.465 e. The molecule has 3 rings (SSSR count). The Morgan fingerprint density at radius 2 is 1.86 bits per heavy atom. The van der Waals surface area contributed by atoms with E-state index in [0.29, 0.717) is 29.8 Å². The van der Waals surface area contributed by atoms with Gasteiger partial charge in [0.2, 0.25) is 0 Å². The van der Waals surface area contributed by atoms with Gasteiger partial charge in [-0.3, -0.25) is 4.79 Å². The highest BCUT2D eigenvalue weighted by Gasteiger charge is 2.25. The van der Waals surface area contributed by atoms with Crippen molar-refractivity contribution in [3.05, 3.63) is 52.3 Å². The number of aromatic nitrogens is 1. The van der Waals surface area contributed by atoms with Crippen molar-refractivity contribution in [2.24, 2.45) is 0 Å². The number of carbonyl (C=O) groups is 2. The van der Waals surface area contributed by atoms with Crippen molar-refractivity contribution in [1.82, 2.24) is 9.88 Å². The first-order valence-electron chi connectivity index (χ1n) is 9.93. The van der Waals surface area contributed by atoms with Gasteiger partial charge in [-0.05, 0) is 36.6 Å². The number of aryl methyl sites for hydroxylation is 1. The summed E-state index contributed by atoms with van der Waals surface area (Å²) < 4.78 is 10.3. The minimum atomic E-state index is -0.420. The summed E-state index contributed by atoms with van der Waals surface area (Å²) in [6, 6.07) is 8.27. The van der Waals surface area contributed by atoms with Crippen LogP contribution in [0.1, 0.15) is 44.6 Å². The Bertz CT molecular complexity index is 867. The van der Waals surface area contributed by atoms with E-state index in [-0.39, 0.29) is 5.91 Å². The fourth-order valence-corrected chi connectivity index (χ4v) is 3.69. The van der Waals surface area contributed by atoms with Crippen LogP contribution < -0.4 is 4.90 Å². The molecule has 2 aromatic rings. The van der Waals surface area contributed by atoms with E-state index >= 15 is 0 Å². The number of esters is 1. The Balaban J connectivity index is 1.72. The second kappa shape index (κ2) is 9.13. The summed E-state index contributed by atoms with van der Waals surface area (Å²) in [5.74, 6) is -0.569. The molecule has 1 saturated heterocycles. The van der Waals surface area contributed by atoms with E-state index < -0.39 is 5.97 Å². The predicted octanol–water partition coefficient (Wildman–Crippen LogP) is 2.78. The van der Waals surface area contributed by atoms with Crippen LogP contribution in [-0.2, 0) is 22.4 Å². The molecule has 7 heteroatoms. The highest BCUT2D eigenvalue weighted by molar-refractivity contribution is 6.00. The Hall–Kier alpha value is -2.80. The number of methoxy groups -OCH3 is 1. The molecule has 1 aromatic carbocycles. The number of nitrogens with zero attached hydrogens (tertiary/aromatic N) is 2. The van der Waals surface area contributed by atoms with Gasteiger partial charge in [-0.25, -0.2) is 4.79 Å². The van der Waals surface area contributed by atoms with Crippen molar-refractivity contribution in [3.63, 3.8) is 0 Å². The van der Waals surface area contributed by atoms with Crippen molar-refractivity contribution in [2.75, 3.05) is 45.4 Å². The van der Waals surface area contributed by atoms with Gasteiger partial charge in [0.1, 0.15) is 5.69 Å². The van der Waals surface area contributed by atoms with Gasteiger partial charge in [0.05, 0.1) is 25.9 Å². The van der Waals surface area contributed by atoms with E-state index in [0.717, 1.165) is 37.6 Å². The van der Waals surface area contributed by atoms with E-state index in [1.807, 2.05) is 19.1 Å². The van der Waals surface area contributed by atoms with Crippen LogP contribution in [0.15, 0.2) is 24.3 Å². The lowest BCUT2D eigenvalue weighted by Gasteiger charge is -2.29. The molecule has 0 bridgehead atoms. The first kappa shape index (κ1) is 20.9. The fraction of sp³-hybridized carbons (Fsp3) is 0.455. The standard InChI is InChI=1S/C22H29N3O4/c1-5-18-19(22(27)28-4)15(2)20(23-18)21(26)24(3)14-16-6-8-17(9-7-16)25-10-12-29-13-11-25/h6-9,23H,5,10-14H2,1-4H3. The van der Waals surface area contributed by atoms with Crippen molar-refractivity contribution in [3.8, 4) is 0 Å². The van der Waals surface area contributed by atoms with Gasteiger partial charge in [0.25, 0.3) is 5.91 Å². The molecule has 7 nitrogen and oxygen atoms in total. The predicted molar refractivity (Wildman–Crippen MR) is 112 cm³/mol. The van der Waals surface area contributed by atoms with Crippen molar-refractivity contribution >= 4 is 17.6 Å². The van der Waals surface area contributed by atoms with Gasteiger partial charge in [-0.2, -0.15) is 0 Å². The molecule has 1 aromatic heterocycles. The normalized spacial score (nSPS) is 14.0. The smallest absolute Gasteiger partial charge is 0.339 e. The van der Waals surface area contributed by atoms with E-state index in [4.69, 9.17) is 9.47 Å². The summed E-state index contributed by atoms with van der Waals surface area (Å²) >= 11 is 0. The summed E-state index contributed by atoms with van der Waals surface area (Å²) in [5, 5.41) is 0. The number of anilines is 1. The molecule has 1 aliphatic rings. The third kappa shape index (κ3) is 4.45. The number of H-pyrrole nitrogens is 1. The Morgan fingerprint density at radius 1 is 1.21 bits per heavy atom. The van der Waals surface area contributed by atoms with Crippen LogP contribution in [0.2, 0.25) is 0 Å². The van der Waals surface area contributed by atoms with E-state index in [9.17, 15) is 9.59 Å². The average Bonchev–Trinajstić information content (AvgIpc) is 3.10. The Morgan fingerprint density at radius 3 is 2.45 bits per heavy atom. The maximum Gasteiger partial charge on any atom is 0.339 e. The summed E-state index contributed by atoms with van der Waals surface area (Å²) in [6.07, 6.45) is 0.616. The second-order valence-electron chi connectivity index (χ2n) is 7.25. The third-order valence-electron chi connectivity index (χ3n) is 5.36. The number of morpholine rings is 1. The Labute approximate surface area is 171 Å². The topological polar surface area (TPSA) is 74.9 Å². The van der Waals surface area contributed by atoms with Crippen LogP contribution in [-0.4, -0.2) is 62.2 Å². The molecule has 1 amide bonds. The first-order chi connectivity index (χ1) is 14.0. The zero-order valence-electron chi connectivity index (χ0n) is 17.6. The fourth-order valence-electron chi connectivity index (χ4n) is 3.69. The highest BCUT2D eigenvalue weighted by atomic mass is 16.5. The lowest BCUT2D eigenvalue weighted by atomic mass is 10.1. The quantitative estimate of drug-likeness (QED) is 0.756. The molecule has 0 radical (unpaired) electrons. The van der Waals surface area contributed by atoms with Crippen LogP contribution >= 0.6 is 0 Å². The van der Waals surface area contributed by atoms with Crippen molar-refractivity contribution < 1.29 is 19.1 Å². The molecule has 1 aliphatic heterocycles. The zero-order valence-corrected chi connectivity index (χ0v) is 17.6. The third-order valence-corrected chi connectivity index (χ3v) is 5.36. The maximum atomic E-state index is 13.0. The van der Waals surface area contributed by atoms with Crippen LogP contribution in [0.4, 0.5) is 5.69 Å². The number of hydrogen-bond acceptors (Lipinski definition) is 5. The van der Waals surface area contributed by atoms with Gasteiger partial charge < -0.3 is 24.3 Å². The van der Waals surface area contributed by atoms with E-state index in [2.05, 4.69) is 22.0 Å². The number of ether oxygens (including phenoxy) is 2. The number of hydrogen-bond donors (Lipinski definition) is 1. The summed E-state index contributed by atoms with van der Waals surface area (Å²) in [4.78, 5) is 32.2. The lowest BCUT2D eigenvalue weighted by Crippen LogP contribution is -2.36. The molecule has 0 saturated carbocycles. The first-order valence-corrected chi connectivity index (χ1v) is 9.93. The molecule has 29 heavy (non-hydrogen) atoms. The van der Waals surface area contributed by atoms with Crippen LogP contribution in [0, 0.1) is 6.92 Å². The van der Waals surface area contributed by atoms with Gasteiger partial charge in [-0.15, -0.1) is 0 Å². The molecular weight excluding hydrogens is 370 g/mol. The molecule has 2 heterocycles. The van der Waals surface area contributed by atoms with E-state index in [1.54, 1.807) is 18.9 Å². The minimum absolute atomic E-state index is 0.149. The van der Waals surface area contributed by atoms with Crippen LogP contribution in [0.25, 0.3) is 0 Å². The number of benzene rings is 1. The summed E-state index contributed by atoms with van der Waals surface area (Å²) in [6.45, 7) is 7.49. The number of rotatable bonds is 6. The Kier molecular flexibility index (Phi) is 6.59. The van der Waals surface area contributed by atoms with Crippen molar-refractivity contribution in [2.45, 2.75) is 26.8 Å². The summed E-state index contributed by atoms with van der Waals surface area (Å²) in [5.41, 5.74) is 4.47. The number of aromatic amines is 1. The van der Waals surface area contributed by atoms with E-state index in [1.165, 1.54) is 12.8 Å². The van der Waals surface area contributed by atoms with Gasteiger partial charge >= 0.3 is 5.97 Å².